The maximum atomic E-state index is 13.7. The summed E-state index contributed by atoms with van der Waals surface area (Å²) >= 11 is 0. The smallest absolute Gasteiger partial charge is 0.328 e. The van der Waals surface area contributed by atoms with E-state index < -0.39 is 35.4 Å². The van der Waals surface area contributed by atoms with Crippen LogP contribution in [0, 0.1) is 17.5 Å². The van der Waals surface area contributed by atoms with E-state index >= 15 is 0 Å². The van der Waals surface area contributed by atoms with E-state index in [1.54, 1.807) is 6.07 Å². The van der Waals surface area contributed by atoms with E-state index in [2.05, 4.69) is 10.1 Å². The highest BCUT2D eigenvalue weighted by atomic mass is 19.2. The standard InChI is InChI=1S/C17H14F3NO3/c1-24-17(23)15(9-10-4-2-3-5-12(10)18)21-16(22)11-6-7-13(19)14(20)8-11/h2-8,15H,9H2,1H3,(H,21,22)/t15-/m0/s1. The molecule has 2 rings (SSSR count). The molecule has 0 aliphatic heterocycles. The zero-order chi connectivity index (χ0) is 17.7. The monoisotopic (exact) mass is 337 g/mol. The number of hydrogen-bond donors (Lipinski definition) is 1. The Morgan fingerprint density at radius 1 is 1.04 bits per heavy atom. The van der Waals surface area contributed by atoms with Crippen LogP contribution in [0.2, 0.25) is 0 Å². The minimum atomic E-state index is -1.19. The highest BCUT2D eigenvalue weighted by molar-refractivity contribution is 5.96. The first-order valence-electron chi connectivity index (χ1n) is 6.99. The summed E-state index contributed by atoms with van der Waals surface area (Å²) in [5.74, 6) is -4.41. The van der Waals surface area contributed by atoms with Crippen molar-refractivity contribution in [2.24, 2.45) is 0 Å². The van der Waals surface area contributed by atoms with Gasteiger partial charge in [0.2, 0.25) is 0 Å². The number of halogens is 3. The molecule has 0 spiro atoms. The Balaban J connectivity index is 2.19. The SMILES string of the molecule is COC(=O)[C@H](Cc1ccccc1F)NC(=O)c1ccc(F)c(F)c1. The van der Waals surface area contributed by atoms with Gasteiger partial charge in [-0.25, -0.2) is 18.0 Å². The molecule has 1 atom stereocenters. The van der Waals surface area contributed by atoms with Crippen LogP contribution in [0.4, 0.5) is 13.2 Å². The van der Waals surface area contributed by atoms with Crippen molar-refractivity contribution >= 4 is 11.9 Å². The second-order valence-corrected chi connectivity index (χ2v) is 4.97. The van der Waals surface area contributed by atoms with Gasteiger partial charge in [-0.2, -0.15) is 0 Å². The number of carbonyl (C=O) groups excluding carboxylic acids is 2. The van der Waals surface area contributed by atoms with Crippen LogP contribution in [-0.4, -0.2) is 25.0 Å². The highest BCUT2D eigenvalue weighted by Crippen LogP contribution is 2.12. The summed E-state index contributed by atoms with van der Waals surface area (Å²) in [5, 5.41) is 2.34. The van der Waals surface area contributed by atoms with Gasteiger partial charge in [-0.15, -0.1) is 0 Å². The third-order valence-corrected chi connectivity index (χ3v) is 3.35. The molecule has 0 fully saturated rings. The first-order chi connectivity index (χ1) is 11.4. The Hall–Kier alpha value is -2.83. The number of hydrogen-bond acceptors (Lipinski definition) is 3. The number of ether oxygens (including phenoxy) is 1. The van der Waals surface area contributed by atoms with Gasteiger partial charge in [0.1, 0.15) is 11.9 Å². The molecule has 0 aliphatic carbocycles. The molecule has 0 unspecified atom stereocenters. The number of esters is 1. The quantitative estimate of drug-likeness (QED) is 0.854. The van der Waals surface area contributed by atoms with E-state index in [0.29, 0.717) is 6.07 Å². The van der Waals surface area contributed by atoms with Crippen molar-refractivity contribution in [2.45, 2.75) is 12.5 Å². The average Bonchev–Trinajstić information content (AvgIpc) is 2.57. The van der Waals surface area contributed by atoms with Gasteiger partial charge >= 0.3 is 5.97 Å². The normalized spacial score (nSPS) is 11.7. The van der Waals surface area contributed by atoms with Crippen molar-refractivity contribution in [3.8, 4) is 0 Å². The van der Waals surface area contributed by atoms with E-state index in [1.807, 2.05) is 0 Å². The third-order valence-electron chi connectivity index (χ3n) is 3.35. The van der Waals surface area contributed by atoms with Gasteiger partial charge in [-0.3, -0.25) is 4.79 Å². The van der Waals surface area contributed by atoms with Crippen LogP contribution < -0.4 is 5.32 Å². The molecule has 4 nitrogen and oxygen atoms in total. The number of carbonyl (C=O) groups is 2. The molecule has 0 bridgehead atoms. The van der Waals surface area contributed by atoms with Crippen LogP contribution in [0.5, 0.6) is 0 Å². The molecule has 1 amide bonds. The first kappa shape index (κ1) is 17.5. The van der Waals surface area contributed by atoms with E-state index in [9.17, 15) is 22.8 Å². The van der Waals surface area contributed by atoms with Crippen molar-refractivity contribution in [2.75, 3.05) is 7.11 Å². The second kappa shape index (κ2) is 7.63. The molecule has 0 aromatic heterocycles. The summed E-state index contributed by atoms with van der Waals surface area (Å²) in [6.45, 7) is 0. The lowest BCUT2D eigenvalue weighted by atomic mass is 10.0. The maximum Gasteiger partial charge on any atom is 0.328 e. The van der Waals surface area contributed by atoms with Gasteiger partial charge in [0.05, 0.1) is 7.11 Å². The van der Waals surface area contributed by atoms with Crippen LogP contribution in [0.15, 0.2) is 42.5 Å². The predicted octanol–water partition coefficient (Wildman–Crippen LogP) is 2.62. The number of benzene rings is 2. The zero-order valence-corrected chi connectivity index (χ0v) is 12.7. The summed E-state index contributed by atoms with van der Waals surface area (Å²) in [6, 6.07) is 7.18. The second-order valence-electron chi connectivity index (χ2n) is 4.97. The molecule has 2 aromatic carbocycles. The molecule has 0 saturated carbocycles. The van der Waals surface area contributed by atoms with Gasteiger partial charge in [-0.1, -0.05) is 18.2 Å². The topological polar surface area (TPSA) is 55.4 Å². The van der Waals surface area contributed by atoms with Crippen LogP contribution in [-0.2, 0) is 16.0 Å². The lowest BCUT2D eigenvalue weighted by molar-refractivity contribution is -0.142. The first-order valence-corrected chi connectivity index (χ1v) is 6.99. The summed E-state index contributed by atoms with van der Waals surface area (Å²) in [6.07, 6.45) is -0.144. The minimum Gasteiger partial charge on any atom is -0.467 e. The molecule has 0 heterocycles. The van der Waals surface area contributed by atoms with Gasteiger partial charge < -0.3 is 10.1 Å². The summed E-state index contributed by atoms with van der Waals surface area (Å²) in [5.41, 5.74) is 0.0369. The fourth-order valence-corrected chi connectivity index (χ4v) is 2.10. The fourth-order valence-electron chi connectivity index (χ4n) is 2.10. The Kier molecular flexibility index (Phi) is 5.57. The Morgan fingerprint density at radius 2 is 1.75 bits per heavy atom. The Bertz CT molecular complexity index is 764. The van der Waals surface area contributed by atoms with E-state index in [1.165, 1.54) is 18.2 Å². The van der Waals surface area contributed by atoms with E-state index in [-0.39, 0.29) is 17.5 Å². The number of amides is 1. The third kappa shape index (κ3) is 4.13. The van der Waals surface area contributed by atoms with Crippen molar-refractivity contribution in [1.29, 1.82) is 0 Å². The molecule has 0 saturated heterocycles. The minimum absolute atomic E-state index is 0.144. The van der Waals surface area contributed by atoms with E-state index in [0.717, 1.165) is 19.2 Å². The van der Waals surface area contributed by atoms with Crippen molar-refractivity contribution < 1.29 is 27.5 Å². The molecule has 0 radical (unpaired) electrons. The van der Waals surface area contributed by atoms with Crippen LogP contribution in [0.3, 0.4) is 0 Å². The number of rotatable bonds is 5. The highest BCUT2D eigenvalue weighted by Gasteiger charge is 2.24. The molecule has 24 heavy (non-hydrogen) atoms. The Labute approximate surface area is 136 Å². The summed E-state index contributed by atoms with van der Waals surface area (Å²) in [4.78, 5) is 23.9. The maximum absolute atomic E-state index is 13.7. The lowest BCUT2D eigenvalue weighted by Crippen LogP contribution is -2.43. The largest absolute Gasteiger partial charge is 0.467 e. The molecule has 1 N–H and O–H groups in total. The lowest BCUT2D eigenvalue weighted by Gasteiger charge is -2.17. The van der Waals surface area contributed by atoms with Gasteiger partial charge in [-0.05, 0) is 29.8 Å². The van der Waals surface area contributed by atoms with Gasteiger partial charge in [0, 0.05) is 12.0 Å². The van der Waals surface area contributed by atoms with Crippen LogP contribution in [0.25, 0.3) is 0 Å². The fraction of sp³-hybridized carbons (Fsp3) is 0.176. The molecule has 126 valence electrons. The van der Waals surface area contributed by atoms with Crippen molar-refractivity contribution in [3.05, 3.63) is 71.0 Å². The van der Waals surface area contributed by atoms with Gasteiger partial charge in [0.25, 0.3) is 5.91 Å². The average molecular weight is 337 g/mol. The zero-order valence-electron chi connectivity index (χ0n) is 12.7. The number of nitrogens with one attached hydrogen (secondary N) is 1. The molecule has 0 aliphatic rings. The molecular formula is C17H14F3NO3. The van der Waals surface area contributed by atoms with Crippen LogP contribution >= 0.6 is 0 Å². The van der Waals surface area contributed by atoms with Crippen molar-refractivity contribution in [3.63, 3.8) is 0 Å². The number of methoxy groups -OCH3 is 1. The summed E-state index contributed by atoms with van der Waals surface area (Å²) in [7, 11) is 1.13. The summed E-state index contributed by atoms with van der Waals surface area (Å²) < 4.78 is 44.4. The molecule has 2 aromatic rings. The van der Waals surface area contributed by atoms with Gasteiger partial charge in [0.15, 0.2) is 11.6 Å². The Morgan fingerprint density at radius 3 is 2.38 bits per heavy atom. The molecular weight excluding hydrogens is 323 g/mol. The predicted molar refractivity (Wildman–Crippen MR) is 79.7 cm³/mol. The van der Waals surface area contributed by atoms with Crippen LogP contribution in [0.1, 0.15) is 15.9 Å². The molecule has 7 heteroatoms. The van der Waals surface area contributed by atoms with E-state index in [4.69, 9.17) is 0 Å². The van der Waals surface area contributed by atoms with Crippen molar-refractivity contribution in [1.82, 2.24) is 5.32 Å².